The molecule has 0 atom stereocenters. The molecule has 1 aliphatic rings. The number of furan rings is 1. The summed E-state index contributed by atoms with van der Waals surface area (Å²) in [5.41, 5.74) is 4.56. The molecule has 6 heteroatoms. The molecule has 27 heavy (non-hydrogen) atoms. The van der Waals surface area contributed by atoms with Crippen molar-refractivity contribution in [3.8, 4) is 17.2 Å². The van der Waals surface area contributed by atoms with E-state index in [-0.39, 0.29) is 0 Å². The Hall–Kier alpha value is -3.28. The van der Waals surface area contributed by atoms with Gasteiger partial charge in [-0.3, -0.25) is 0 Å². The van der Waals surface area contributed by atoms with Crippen molar-refractivity contribution in [2.24, 2.45) is 0 Å². The van der Waals surface area contributed by atoms with Crippen molar-refractivity contribution in [2.75, 3.05) is 45.2 Å². The number of ether oxygens (including phenoxy) is 3. The Kier molecular flexibility index (Phi) is 4.11. The van der Waals surface area contributed by atoms with Gasteiger partial charge in [-0.05, 0) is 18.2 Å². The molecule has 0 saturated carbocycles. The van der Waals surface area contributed by atoms with Gasteiger partial charge in [0.15, 0.2) is 11.3 Å². The fourth-order valence-electron chi connectivity index (χ4n) is 3.69. The third kappa shape index (κ3) is 2.40. The molecule has 3 aromatic rings. The van der Waals surface area contributed by atoms with Crippen molar-refractivity contribution in [3.05, 3.63) is 48.4 Å². The van der Waals surface area contributed by atoms with Gasteiger partial charge in [-0.1, -0.05) is 12.1 Å². The Morgan fingerprint density at radius 2 is 1.48 bits per heavy atom. The molecule has 0 N–H and O–H groups in total. The van der Waals surface area contributed by atoms with E-state index in [2.05, 4.69) is 28.1 Å². The normalized spacial score (nSPS) is 13.4. The third-order valence-electron chi connectivity index (χ3n) is 4.95. The fraction of sp³-hybridized carbons (Fsp3) is 0.238. The van der Waals surface area contributed by atoms with Crippen LogP contribution < -0.4 is 24.0 Å². The van der Waals surface area contributed by atoms with Crippen LogP contribution in [0, 0.1) is 0 Å². The zero-order valence-corrected chi connectivity index (χ0v) is 16.1. The maximum Gasteiger partial charge on any atom is 0.205 e. The fourth-order valence-corrected chi connectivity index (χ4v) is 3.69. The van der Waals surface area contributed by atoms with Crippen LogP contribution in [0.25, 0.3) is 16.7 Å². The first-order chi connectivity index (χ1) is 13.1. The van der Waals surface area contributed by atoms with Gasteiger partial charge in [0.25, 0.3) is 0 Å². The van der Waals surface area contributed by atoms with Gasteiger partial charge in [-0.2, -0.15) is 0 Å². The molecule has 0 amide bonds. The summed E-state index contributed by atoms with van der Waals surface area (Å²) in [6, 6.07) is 10.1. The number of nitrogens with zero attached hydrogens (tertiary/aromatic N) is 2. The van der Waals surface area contributed by atoms with Crippen molar-refractivity contribution in [2.45, 2.75) is 0 Å². The maximum absolute atomic E-state index is 5.80. The summed E-state index contributed by atoms with van der Waals surface area (Å²) >= 11 is 0. The monoisotopic (exact) mass is 366 g/mol. The maximum atomic E-state index is 5.80. The van der Waals surface area contributed by atoms with Crippen molar-refractivity contribution < 1.29 is 18.6 Å². The van der Waals surface area contributed by atoms with E-state index in [1.54, 1.807) is 27.6 Å². The summed E-state index contributed by atoms with van der Waals surface area (Å²) in [4.78, 5) is 4.22. The predicted octanol–water partition coefficient (Wildman–Crippen LogP) is 4.34. The summed E-state index contributed by atoms with van der Waals surface area (Å²) in [6.45, 7) is 0. The molecule has 0 saturated heterocycles. The molecule has 0 aliphatic carbocycles. The third-order valence-corrected chi connectivity index (χ3v) is 4.95. The molecule has 0 unspecified atom stereocenters. The van der Waals surface area contributed by atoms with Crippen LogP contribution in [0.1, 0.15) is 5.56 Å². The number of fused-ring (bicyclic) bond motifs is 2. The quantitative estimate of drug-likeness (QED) is 0.684. The van der Waals surface area contributed by atoms with Gasteiger partial charge in [0.2, 0.25) is 5.75 Å². The Labute approximate surface area is 158 Å². The lowest BCUT2D eigenvalue weighted by Crippen LogP contribution is -2.27. The molecular weight excluding hydrogens is 344 g/mol. The zero-order chi connectivity index (χ0) is 19.1. The molecule has 2 aromatic carbocycles. The minimum Gasteiger partial charge on any atom is -0.495 e. The van der Waals surface area contributed by atoms with E-state index in [0.29, 0.717) is 22.8 Å². The number of para-hydroxylation sites is 2. The van der Waals surface area contributed by atoms with Crippen LogP contribution in [0.3, 0.4) is 0 Å². The highest BCUT2D eigenvalue weighted by molar-refractivity contribution is 6.02. The van der Waals surface area contributed by atoms with Gasteiger partial charge in [-0.25, -0.2) is 0 Å². The molecular formula is C21H22N2O4. The van der Waals surface area contributed by atoms with Gasteiger partial charge in [0.05, 0.1) is 55.6 Å². The molecule has 0 radical (unpaired) electrons. The molecule has 0 bridgehead atoms. The zero-order valence-electron chi connectivity index (χ0n) is 16.1. The average molecular weight is 366 g/mol. The van der Waals surface area contributed by atoms with Gasteiger partial charge in [0, 0.05) is 20.3 Å². The molecule has 6 nitrogen and oxygen atoms in total. The van der Waals surface area contributed by atoms with Gasteiger partial charge >= 0.3 is 0 Å². The van der Waals surface area contributed by atoms with Crippen LogP contribution in [0.15, 0.2) is 47.2 Å². The highest BCUT2D eigenvalue weighted by Crippen LogP contribution is 2.51. The summed E-state index contributed by atoms with van der Waals surface area (Å²) in [7, 11) is 8.94. The number of benzene rings is 2. The average Bonchev–Trinajstić information content (AvgIpc) is 3.18. The lowest BCUT2D eigenvalue weighted by Gasteiger charge is -2.35. The van der Waals surface area contributed by atoms with Crippen LogP contribution in [0.4, 0.5) is 11.4 Å². The van der Waals surface area contributed by atoms with E-state index in [0.717, 1.165) is 28.0 Å². The number of methoxy groups -OCH3 is 3. The molecule has 4 rings (SSSR count). The summed E-state index contributed by atoms with van der Waals surface area (Å²) in [6.07, 6.45) is 3.69. The minimum absolute atomic E-state index is 0.545. The SMILES string of the molecule is COc1c(C2=CN(C)c3ccccc3N2C)c(OC)c2ccoc2c1OC. The van der Waals surface area contributed by atoms with Gasteiger partial charge in [-0.15, -0.1) is 0 Å². The Morgan fingerprint density at radius 3 is 2.15 bits per heavy atom. The second-order valence-corrected chi connectivity index (χ2v) is 6.31. The highest BCUT2D eigenvalue weighted by atomic mass is 16.5. The molecule has 1 aromatic heterocycles. The van der Waals surface area contributed by atoms with Gasteiger partial charge in [0.1, 0.15) is 5.75 Å². The molecule has 2 heterocycles. The van der Waals surface area contributed by atoms with Crippen molar-refractivity contribution in [1.82, 2.24) is 0 Å². The Morgan fingerprint density at radius 1 is 0.815 bits per heavy atom. The number of anilines is 2. The first kappa shape index (κ1) is 17.1. The lowest BCUT2D eigenvalue weighted by atomic mass is 10.0. The number of hydrogen-bond donors (Lipinski definition) is 0. The van der Waals surface area contributed by atoms with E-state index < -0.39 is 0 Å². The van der Waals surface area contributed by atoms with E-state index in [1.807, 2.05) is 32.3 Å². The van der Waals surface area contributed by atoms with E-state index >= 15 is 0 Å². The van der Waals surface area contributed by atoms with E-state index in [9.17, 15) is 0 Å². The summed E-state index contributed by atoms with van der Waals surface area (Å²) < 4.78 is 22.8. The van der Waals surface area contributed by atoms with Crippen molar-refractivity contribution in [3.63, 3.8) is 0 Å². The second kappa shape index (κ2) is 6.46. The van der Waals surface area contributed by atoms with Crippen LogP contribution in [-0.2, 0) is 0 Å². The van der Waals surface area contributed by atoms with Crippen LogP contribution in [0.2, 0.25) is 0 Å². The topological polar surface area (TPSA) is 47.3 Å². The smallest absolute Gasteiger partial charge is 0.205 e. The Bertz CT molecular complexity index is 1040. The van der Waals surface area contributed by atoms with E-state index in [1.165, 1.54) is 0 Å². The minimum atomic E-state index is 0.545. The first-order valence-electron chi connectivity index (χ1n) is 8.59. The van der Waals surface area contributed by atoms with Crippen LogP contribution >= 0.6 is 0 Å². The van der Waals surface area contributed by atoms with Crippen LogP contribution in [0.5, 0.6) is 17.2 Å². The van der Waals surface area contributed by atoms with E-state index in [4.69, 9.17) is 18.6 Å². The number of hydrogen-bond acceptors (Lipinski definition) is 6. The molecule has 1 aliphatic heterocycles. The number of rotatable bonds is 4. The summed E-state index contributed by atoms with van der Waals surface area (Å²) in [5.74, 6) is 1.80. The summed E-state index contributed by atoms with van der Waals surface area (Å²) in [5, 5.41) is 0.834. The van der Waals surface area contributed by atoms with Crippen LogP contribution in [-0.4, -0.2) is 35.4 Å². The second-order valence-electron chi connectivity index (χ2n) is 6.31. The van der Waals surface area contributed by atoms with Gasteiger partial charge < -0.3 is 28.4 Å². The molecule has 0 fully saturated rings. The van der Waals surface area contributed by atoms with Crippen molar-refractivity contribution in [1.29, 1.82) is 0 Å². The largest absolute Gasteiger partial charge is 0.495 e. The standard InChI is InChI=1S/C21H22N2O4/c1-22-12-16(23(2)15-9-7-6-8-14(15)22)17-18(24-3)13-10-11-27-19(13)21(26-5)20(17)25-4/h6-12H,1-5H3. The Balaban J connectivity index is 2.04. The highest BCUT2D eigenvalue weighted by Gasteiger charge is 2.31. The molecule has 0 spiro atoms. The van der Waals surface area contributed by atoms with Crippen molar-refractivity contribution >= 4 is 28.0 Å². The predicted molar refractivity (Wildman–Crippen MR) is 107 cm³/mol. The molecule has 140 valence electrons. The lowest BCUT2D eigenvalue weighted by molar-refractivity contribution is 0.347. The first-order valence-corrected chi connectivity index (χ1v) is 8.59.